The van der Waals surface area contributed by atoms with Gasteiger partial charge in [-0.2, -0.15) is 0 Å². The molecule has 0 unspecified atom stereocenters. The van der Waals surface area contributed by atoms with Gasteiger partial charge in [-0.15, -0.1) is 0 Å². The normalized spacial score (nSPS) is 11.0. The van der Waals surface area contributed by atoms with Crippen molar-refractivity contribution in [1.82, 2.24) is 0 Å². The molecule has 0 aliphatic rings. The molecule has 0 spiro atoms. The number of hydrogen-bond donors (Lipinski definition) is 0. The van der Waals surface area contributed by atoms with Gasteiger partial charge in [0.1, 0.15) is 15.9 Å². The number of carbonyl (C=O) groups is 1. The van der Waals surface area contributed by atoms with Crippen LogP contribution >= 0.6 is 14.8 Å². The second-order valence-electron chi connectivity index (χ2n) is 8.73. The van der Waals surface area contributed by atoms with Crippen molar-refractivity contribution in [3.05, 3.63) is 152 Å². The van der Waals surface area contributed by atoms with Crippen LogP contribution in [-0.2, 0) is 9.53 Å². The molecule has 0 amide bonds. The molecule has 5 rings (SSSR count). The summed E-state index contributed by atoms with van der Waals surface area (Å²) in [6, 6.07) is 52.5. The Balaban J connectivity index is 2.05. The molecule has 0 bridgehead atoms. The summed E-state index contributed by atoms with van der Waals surface area (Å²) >= 11 is 0. The summed E-state index contributed by atoms with van der Waals surface area (Å²) in [5.74, 6) is -0.226. The molecule has 0 aliphatic carbocycles. The molecule has 0 saturated heterocycles. The Hall–Kier alpha value is -3.83. The Bertz CT molecular complexity index is 1360. The van der Waals surface area contributed by atoms with E-state index >= 15 is 0 Å². The summed E-state index contributed by atoms with van der Waals surface area (Å²) in [7, 11) is -3.90. The van der Waals surface area contributed by atoms with Crippen molar-refractivity contribution in [2.24, 2.45) is 0 Å². The molecule has 0 saturated carbocycles. The van der Waals surface area contributed by atoms with E-state index in [0.717, 1.165) is 31.6 Å². The average molecular weight is 533 g/mol. The third-order valence-electron chi connectivity index (χ3n) is 6.45. The van der Waals surface area contributed by atoms with E-state index in [-0.39, 0.29) is 5.97 Å². The second kappa shape index (κ2) is 12.1. The highest BCUT2D eigenvalue weighted by Gasteiger charge is 2.61. The van der Waals surface area contributed by atoms with Crippen molar-refractivity contribution in [3.8, 4) is 0 Å². The van der Waals surface area contributed by atoms with E-state index < -0.39 is 14.8 Å². The van der Waals surface area contributed by atoms with Crippen LogP contribution in [0.2, 0.25) is 0 Å². The van der Waals surface area contributed by atoms with Gasteiger partial charge in [0, 0.05) is 0 Å². The Morgan fingerprint density at radius 3 is 1.18 bits per heavy atom. The third kappa shape index (κ3) is 4.99. The molecule has 0 atom stereocenters. The summed E-state index contributed by atoms with van der Waals surface area (Å²) in [6.45, 7) is 2.20. The van der Waals surface area contributed by atoms with Crippen LogP contribution in [0.1, 0.15) is 6.92 Å². The maximum atomic E-state index is 14.5. The predicted molar refractivity (Wildman–Crippen MR) is 166 cm³/mol. The fraction of sp³-hybridized carbons (Fsp3) is 0.0588. The van der Waals surface area contributed by atoms with E-state index in [2.05, 4.69) is 121 Å². The van der Waals surface area contributed by atoms with E-state index in [4.69, 9.17) is 4.74 Å². The van der Waals surface area contributed by atoms with E-state index in [1.54, 1.807) is 0 Å². The highest BCUT2D eigenvalue weighted by Crippen LogP contribution is 2.60. The van der Waals surface area contributed by atoms with Gasteiger partial charge in [-0.3, -0.25) is 0 Å². The maximum Gasteiger partial charge on any atom is 0.420 e. The van der Waals surface area contributed by atoms with Crippen molar-refractivity contribution >= 4 is 52.3 Å². The Labute approximate surface area is 226 Å². The van der Waals surface area contributed by atoms with Gasteiger partial charge in [0.25, 0.3) is 0 Å². The zero-order valence-corrected chi connectivity index (χ0v) is 23.1. The van der Waals surface area contributed by atoms with Crippen LogP contribution in [0.15, 0.2) is 152 Å². The zero-order valence-electron chi connectivity index (χ0n) is 21.4. The fourth-order valence-corrected chi connectivity index (χ4v) is 13.6. The lowest BCUT2D eigenvalue weighted by atomic mass is 10.4. The second-order valence-corrected chi connectivity index (χ2v) is 14.6. The summed E-state index contributed by atoms with van der Waals surface area (Å²) < 4.78 is 5.97. The number of ether oxygens (including phenoxy) is 1. The largest absolute Gasteiger partial charge is 0.457 e. The number of benzene rings is 5. The van der Waals surface area contributed by atoms with Crippen LogP contribution in [0, 0.1) is 0 Å². The van der Waals surface area contributed by atoms with Gasteiger partial charge in [0.2, 0.25) is 7.55 Å². The SMILES string of the molecule is CCOC(=O)C(=[P+](c1ccccc1)c1ccccc1)[P+](c1ccccc1)(c1ccccc1)c1ccccc1. The van der Waals surface area contributed by atoms with E-state index in [1.165, 1.54) is 0 Å². The zero-order chi connectivity index (χ0) is 26.2. The van der Waals surface area contributed by atoms with Gasteiger partial charge < -0.3 is 4.74 Å². The Morgan fingerprint density at radius 2 is 0.868 bits per heavy atom. The van der Waals surface area contributed by atoms with Gasteiger partial charge in [-0.1, -0.05) is 91.0 Å². The number of rotatable bonds is 8. The highest BCUT2D eigenvalue weighted by molar-refractivity contribution is 8.17. The minimum Gasteiger partial charge on any atom is -0.457 e. The quantitative estimate of drug-likeness (QED) is 0.186. The van der Waals surface area contributed by atoms with E-state index in [1.807, 2.05) is 37.3 Å². The molecule has 5 aromatic rings. The molecule has 0 heterocycles. The molecular formula is C34H30O2P2+2. The molecule has 186 valence electrons. The Morgan fingerprint density at radius 1 is 0.553 bits per heavy atom. The average Bonchev–Trinajstić information content (AvgIpc) is 3.00. The highest BCUT2D eigenvalue weighted by atomic mass is 31.2. The number of hydrogen-bond acceptors (Lipinski definition) is 2. The minimum absolute atomic E-state index is 0.226. The van der Waals surface area contributed by atoms with Gasteiger partial charge in [0.15, 0.2) is 17.9 Å². The predicted octanol–water partition coefficient (Wildman–Crippen LogP) is 5.81. The van der Waals surface area contributed by atoms with Gasteiger partial charge >= 0.3 is 11.0 Å². The van der Waals surface area contributed by atoms with Crippen molar-refractivity contribution in [2.45, 2.75) is 6.92 Å². The van der Waals surface area contributed by atoms with Crippen molar-refractivity contribution < 1.29 is 9.53 Å². The standard InChI is InChI=1S/C34H30O2P2/c1-2-36-33(35)34(37(28-18-8-3-9-19-28)29-20-10-4-11-21-29)38(30-22-12-5-13-23-30,31-24-14-6-15-25-31)32-26-16-7-17-27-32/h3-27H,2H2,1H3/q+2. The first kappa shape index (κ1) is 25.8. The number of carbonyl (C=O) groups excluding carboxylic acids is 1. The lowest BCUT2D eigenvalue weighted by Crippen LogP contribution is -2.41. The first-order valence-electron chi connectivity index (χ1n) is 12.8. The van der Waals surface area contributed by atoms with Crippen molar-refractivity contribution in [2.75, 3.05) is 6.61 Å². The molecule has 0 radical (unpaired) electrons. The van der Waals surface area contributed by atoms with Crippen LogP contribution < -0.4 is 26.5 Å². The lowest BCUT2D eigenvalue weighted by Gasteiger charge is -2.25. The van der Waals surface area contributed by atoms with Crippen LogP contribution in [0.5, 0.6) is 0 Å². The third-order valence-corrected chi connectivity index (χ3v) is 14.2. The Kier molecular flexibility index (Phi) is 8.25. The maximum absolute atomic E-state index is 14.5. The number of esters is 1. The van der Waals surface area contributed by atoms with Crippen molar-refractivity contribution in [1.29, 1.82) is 0 Å². The summed E-state index contributed by atoms with van der Waals surface area (Å²) in [6.07, 6.45) is 0. The molecular weight excluding hydrogens is 502 g/mol. The van der Waals surface area contributed by atoms with Crippen LogP contribution in [-0.4, -0.2) is 17.6 Å². The molecule has 2 nitrogen and oxygen atoms in total. The molecule has 0 aromatic heterocycles. The van der Waals surface area contributed by atoms with Crippen LogP contribution in [0.3, 0.4) is 0 Å². The molecule has 0 N–H and O–H groups in total. The van der Waals surface area contributed by atoms with Gasteiger partial charge in [0.05, 0.1) is 6.61 Å². The molecule has 4 heteroatoms. The van der Waals surface area contributed by atoms with Gasteiger partial charge in [-0.05, 0) is 67.6 Å². The van der Waals surface area contributed by atoms with Crippen LogP contribution in [0.25, 0.3) is 0 Å². The topological polar surface area (TPSA) is 26.3 Å². The lowest BCUT2D eigenvalue weighted by molar-refractivity contribution is -0.134. The minimum atomic E-state index is -2.67. The molecule has 0 aliphatic heterocycles. The summed E-state index contributed by atoms with van der Waals surface area (Å²) in [4.78, 5) is 14.5. The van der Waals surface area contributed by atoms with Crippen LogP contribution in [0.4, 0.5) is 0 Å². The molecule has 38 heavy (non-hydrogen) atoms. The molecule has 0 fully saturated rings. The monoisotopic (exact) mass is 532 g/mol. The first-order valence-corrected chi connectivity index (χ1v) is 15.9. The first-order chi connectivity index (χ1) is 18.8. The van der Waals surface area contributed by atoms with Crippen molar-refractivity contribution in [3.63, 3.8) is 0 Å². The summed E-state index contributed by atoms with van der Waals surface area (Å²) in [5.41, 5.74) is 0. The van der Waals surface area contributed by atoms with E-state index in [9.17, 15) is 4.79 Å². The summed E-state index contributed by atoms with van der Waals surface area (Å²) in [5, 5.41) is 6.52. The molecule has 5 aromatic carbocycles. The smallest absolute Gasteiger partial charge is 0.420 e. The fourth-order valence-electron chi connectivity index (χ4n) is 4.89. The van der Waals surface area contributed by atoms with E-state index in [0.29, 0.717) is 6.61 Å². The van der Waals surface area contributed by atoms with Gasteiger partial charge in [-0.25, -0.2) is 4.79 Å².